The molecule has 1 aliphatic heterocycles. The molecule has 0 radical (unpaired) electrons. The summed E-state index contributed by atoms with van der Waals surface area (Å²) < 4.78 is 14.9. The van der Waals surface area contributed by atoms with Crippen molar-refractivity contribution in [2.75, 3.05) is 13.7 Å². The minimum atomic E-state index is -0.411. The molecule has 0 aromatic carbocycles. The molecule has 0 N–H and O–H groups in total. The van der Waals surface area contributed by atoms with Gasteiger partial charge >= 0.3 is 11.9 Å². The van der Waals surface area contributed by atoms with Gasteiger partial charge in [-0.05, 0) is 19.8 Å². The lowest BCUT2D eigenvalue weighted by atomic mass is 10.1. The van der Waals surface area contributed by atoms with Crippen molar-refractivity contribution in [3.8, 4) is 0 Å². The van der Waals surface area contributed by atoms with Crippen molar-refractivity contribution in [3.05, 3.63) is 11.8 Å². The molecular formula is C12H18O5. The van der Waals surface area contributed by atoms with Gasteiger partial charge in [-0.2, -0.15) is 0 Å². The molecule has 0 aromatic rings. The fourth-order valence-corrected chi connectivity index (χ4v) is 1.65. The van der Waals surface area contributed by atoms with E-state index < -0.39 is 5.97 Å². The van der Waals surface area contributed by atoms with Crippen LogP contribution in [0.25, 0.3) is 0 Å². The number of allylic oxidation sites excluding steroid dienone is 1. The molecule has 1 saturated heterocycles. The van der Waals surface area contributed by atoms with E-state index in [2.05, 4.69) is 4.74 Å². The Morgan fingerprint density at radius 1 is 1.53 bits per heavy atom. The molecule has 0 bridgehead atoms. The summed E-state index contributed by atoms with van der Waals surface area (Å²) in [5.41, 5.74) is 0. The minimum Gasteiger partial charge on any atom is -0.494 e. The Hall–Kier alpha value is -1.52. The van der Waals surface area contributed by atoms with E-state index in [1.165, 1.54) is 13.2 Å². The highest BCUT2D eigenvalue weighted by Gasteiger charge is 2.22. The van der Waals surface area contributed by atoms with Gasteiger partial charge in [-0.15, -0.1) is 0 Å². The van der Waals surface area contributed by atoms with Gasteiger partial charge in [0, 0.05) is 12.8 Å². The van der Waals surface area contributed by atoms with E-state index >= 15 is 0 Å². The van der Waals surface area contributed by atoms with Crippen molar-refractivity contribution in [2.45, 2.75) is 38.7 Å². The summed E-state index contributed by atoms with van der Waals surface area (Å²) in [5, 5.41) is 0. The van der Waals surface area contributed by atoms with Gasteiger partial charge in [-0.1, -0.05) is 0 Å². The Morgan fingerprint density at radius 3 is 2.94 bits per heavy atom. The predicted molar refractivity (Wildman–Crippen MR) is 60.1 cm³/mol. The average Bonchev–Trinajstić information content (AvgIpc) is 2.74. The second-order valence-corrected chi connectivity index (χ2v) is 3.76. The molecule has 0 aliphatic carbocycles. The van der Waals surface area contributed by atoms with Gasteiger partial charge in [0.25, 0.3) is 0 Å². The van der Waals surface area contributed by atoms with Gasteiger partial charge < -0.3 is 14.2 Å². The van der Waals surface area contributed by atoms with E-state index in [1.54, 1.807) is 6.92 Å². The van der Waals surface area contributed by atoms with Crippen LogP contribution in [0.1, 0.15) is 32.6 Å². The van der Waals surface area contributed by atoms with E-state index in [-0.39, 0.29) is 12.1 Å². The highest BCUT2D eigenvalue weighted by molar-refractivity contribution is 5.82. The number of methoxy groups -OCH3 is 1. The normalized spacial score (nSPS) is 21.1. The number of carbonyl (C=O) groups excluding carboxylic acids is 2. The third-order valence-electron chi connectivity index (χ3n) is 2.49. The first-order chi connectivity index (χ1) is 8.15. The van der Waals surface area contributed by atoms with E-state index in [4.69, 9.17) is 9.47 Å². The van der Waals surface area contributed by atoms with Crippen molar-refractivity contribution < 1.29 is 23.8 Å². The molecule has 0 amide bonds. The number of rotatable bonds is 5. The number of ether oxygens (including phenoxy) is 3. The molecular weight excluding hydrogens is 224 g/mol. The molecule has 0 spiro atoms. The molecule has 96 valence electrons. The molecule has 1 rings (SSSR count). The monoisotopic (exact) mass is 242 g/mol. The smallest absolute Gasteiger partial charge is 0.333 e. The zero-order valence-corrected chi connectivity index (χ0v) is 10.2. The summed E-state index contributed by atoms with van der Waals surface area (Å²) in [7, 11) is 1.33. The SMILES string of the molecule is CCOC(=O)CC[C@H]1CC/C(=C\C(=O)OC)O1. The van der Waals surface area contributed by atoms with Crippen LogP contribution < -0.4 is 0 Å². The standard InChI is InChI=1S/C12H18O5/c1-3-16-11(13)7-6-9-4-5-10(17-9)8-12(14)15-2/h8-9H,3-7H2,1-2H3/b10-8+/t9-/m1/s1. The highest BCUT2D eigenvalue weighted by atomic mass is 16.5. The minimum absolute atomic E-state index is 0.00434. The summed E-state index contributed by atoms with van der Waals surface area (Å²) in [5.74, 6) is 0.0123. The number of hydrogen-bond donors (Lipinski definition) is 0. The Balaban J connectivity index is 2.28. The van der Waals surface area contributed by atoms with Crippen LogP contribution in [0, 0.1) is 0 Å². The zero-order valence-electron chi connectivity index (χ0n) is 10.2. The number of hydrogen-bond acceptors (Lipinski definition) is 5. The maximum atomic E-state index is 11.1. The van der Waals surface area contributed by atoms with E-state index in [0.29, 0.717) is 31.6 Å². The second kappa shape index (κ2) is 6.93. The maximum Gasteiger partial charge on any atom is 0.333 e. The van der Waals surface area contributed by atoms with Crippen LogP contribution in [-0.2, 0) is 23.8 Å². The average molecular weight is 242 g/mol. The van der Waals surface area contributed by atoms with Crippen molar-refractivity contribution >= 4 is 11.9 Å². The molecule has 17 heavy (non-hydrogen) atoms. The fourth-order valence-electron chi connectivity index (χ4n) is 1.65. The lowest BCUT2D eigenvalue weighted by Gasteiger charge is -2.09. The summed E-state index contributed by atoms with van der Waals surface area (Å²) in [6.45, 7) is 2.18. The first kappa shape index (κ1) is 13.5. The van der Waals surface area contributed by atoms with E-state index in [0.717, 1.165) is 6.42 Å². The van der Waals surface area contributed by atoms with Gasteiger partial charge in [0.05, 0.1) is 25.9 Å². The van der Waals surface area contributed by atoms with Crippen molar-refractivity contribution in [2.24, 2.45) is 0 Å². The van der Waals surface area contributed by atoms with Crippen molar-refractivity contribution in [3.63, 3.8) is 0 Å². The van der Waals surface area contributed by atoms with Crippen LogP contribution in [-0.4, -0.2) is 31.8 Å². The van der Waals surface area contributed by atoms with Gasteiger partial charge in [-0.3, -0.25) is 4.79 Å². The van der Waals surface area contributed by atoms with E-state index in [1.807, 2.05) is 0 Å². The third kappa shape index (κ3) is 4.89. The van der Waals surface area contributed by atoms with Crippen LogP contribution in [0.15, 0.2) is 11.8 Å². The van der Waals surface area contributed by atoms with Gasteiger partial charge in [-0.25, -0.2) is 4.79 Å². The fraction of sp³-hybridized carbons (Fsp3) is 0.667. The Kier molecular flexibility index (Phi) is 5.52. The van der Waals surface area contributed by atoms with E-state index in [9.17, 15) is 9.59 Å². The molecule has 0 aromatic heterocycles. The van der Waals surface area contributed by atoms with Crippen LogP contribution in [0.3, 0.4) is 0 Å². The molecule has 1 heterocycles. The Bertz CT molecular complexity index is 308. The Morgan fingerprint density at radius 2 is 2.29 bits per heavy atom. The maximum absolute atomic E-state index is 11.1. The van der Waals surface area contributed by atoms with Crippen LogP contribution in [0.5, 0.6) is 0 Å². The first-order valence-corrected chi connectivity index (χ1v) is 5.76. The molecule has 1 fully saturated rings. The Labute approximate surface area is 101 Å². The first-order valence-electron chi connectivity index (χ1n) is 5.76. The number of esters is 2. The van der Waals surface area contributed by atoms with Crippen molar-refractivity contribution in [1.82, 2.24) is 0 Å². The summed E-state index contributed by atoms with van der Waals surface area (Å²) in [6.07, 6.45) is 3.85. The predicted octanol–water partition coefficient (Wildman–Crippen LogP) is 1.57. The highest BCUT2D eigenvalue weighted by Crippen LogP contribution is 2.26. The third-order valence-corrected chi connectivity index (χ3v) is 2.49. The number of carbonyl (C=O) groups is 2. The second-order valence-electron chi connectivity index (χ2n) is 3.76. The molecule has 5 nitrogen and oxygen atoms in total. The molecule has 0 saturated carbocycles. The summed E-state index contributed by atoms with van der Waals surface area (Å²) in [6, 6.07) is 0. The quantitative estimate of drug-likeness (QED) is 0.541. The van der Waals surface area contributed by atoms with Gasteiger partial charge in [0.2, 0.25) is 0 Å². The van der Waals surface area contributed by atoms with Crippen LogP contribution in [0.4, 0.5) is 0 Å². The largest absolute Gasteiger partial charge is 0.494 e. The van der Waals surface area contributed by atoms with Gasteiger partial charge in [0.15, 0.2) is 0 Å². The lowest BCUT2D eigenvalue weighted by Crippen LogP contribution is -2.10. The lowest BCUT2D eigenvalue weighted by molar-refractivity contribution is -0.143. The van der Waals surface area contributed by atoms with Gasteiger partial charge in [0.1, 0.15) is 5.76 Å². The van der Waals surface area contributed by atoms with Crippen LogP contribution in [0.2, 0.25) is 0 Å². The topological polar surface area (TPSA) is 61.8 Å². The zero-order chi connectivity index (χ0) is 12.7. The molecule has 0 unspecified atom stereocenters. The molecule has 5 heteroatoms. The van der Waals surface area contributed by atoms with Crippen molar-refractivity contribution in [1.29, 1.82) is 0 Å². The molecule has 1 aliphatic rings. The summed E-state index contributed by atoms with van der Waals surface area (Å²) in [4.78, 5) is 22.1. The summed E-state index contributed by atoms with van der Waals surface area (Å²) >= 11 is 0. The molecule has 1 atom stereocenters. The van der Waals surface area contributed by atoms with Crippen LogP contribution >= 0.6 is 0 Å².